The van der Waals surface area contributed by atoms with Crippen LogP contribution in [0.2, 0.25) is 0 Å². The van der Waals surface area contributed by atoms with Gasteiger partial charge in [-0.05, 0) is 19.1 Å². The second-order valence-corrected chi connectivity index (χ2v) is 4.75. The predicted octanol–water partition coefficient (Wildman–Crippen LogP) is 2.40. The Morgan fingerprint density at radius 2 is 1.83 bits per heavy atom. The number of hydrogen-bond donors (Lipinski definition) is 0. The van der Waals surface area contributed by atoms with Gasteiger partial charge in [-0.3, -0.25) is 4.79 Å². The fourth-order valence-corrected chi connectivity index (χ4v) is 1.92. The number of hydrogen-bond acceptors (Lipinski definition) is 3. The minimum atomic E-state index is -0.170. The molecule has 4 nitrogen and oxygen atoms in total. The van der Waals surface area contributed by atoms with Gasteiger partial charge in [-0.2, -0.15) is 0 Å². The molecule has 0 radical (unpaired) electrons. The zero-order valence-corrected chi connectivity index (χ0v) is 11.8. The highest BCUT2D eigenvalue weighted by Gasteiger charge is 2.22. The largest absolute Gasteiger partial charge is 0.496 e. The topological polar surface area (TPSA) is 38.8 Å². The summed E-state index contributed by atoms with van der Waals surface area (Å²) in [6.07, 6.45) is 0. The van der Waals surface area contributed by atoms with Crippen LogP contribution in [-0.2, 0) is 0 Å². The predicted molar refractivity (Wildman–Crippen MR) is 71.8 cm³/mol. The van der Waals surface area contributed by atoms with Crippen LogP contribution >= 0.6 is 11.6 Å². The van der Waals surface area contributed by atoms with Crippen molar-refractivity contribution in [2.75, 3.05) is 27.8 Å². The highest BCUT2D eigenvalue weighted by Crippen LogP contribution is 2.29. The van der Waals surface area contributed by atoms with Crippen LogP contribution in [0.3, 0.4) is 0 Å². The molecule has 18 heavy (non-hydrogen) atoms. The Morgan fingerprint density at radius 3 is 2.22 bits per heavy atom. The summed E-state index contributed by atoms with van der Waals surface area (Å²) in [5.41, 5.74) is 0.419. The molecule has 0 spiro atoms. The lowest BCUT2D eigenvalue weighted by atomic mass is 10.1. The molecular formula is C13H18ClNO3. The number of carbonyl (C=O) groups excluding carboxylic acids is 1. The van der Waals surface area contributed by atoms with E-state index in [1.807, 2.05) is 6.92 Å². The molecule has 5 heteroatoms. The monoisotopic (exact) mass is 271 g/mol. The SMILES string of the molecule is COc1cccc(OC)c1C(=O)N(C)CC(C)Cl. The first-order valence-corrected chi connectivity index (χ1v) is 6.05. The first kappa shape index (κ1) is 14.6. The lowest BCUT2D eigenvalue weighted by Gasteiger charge is -2.21. The quantitative estimate of drug-likeness (QED) is 0.772. The summed E-state index contributed by atoms with van der Waals surface area (Å²) in [5.74, 6) is 0.818. The van der Waals surface area contributed by atoms with Crippen LogP contribution in [0.4, 0.5) is 0 Å². The van der Waals surface area contributed by atoms with Crippen molar-refractivity contribution in [3.63, 3.8) is 0 Å². The zero-order valence-electron chi connectivity index (χ0n) is 11.1. The number of ether oxygens (including phenoxy) is 2. The maximum absolute atomic E-state index is 12.3. The van der Waals surface area contributed by atoms with Gasteiger partial charge in [-0.1, -0.05) is 6.07 Å². The van der Waals surface area contributed by atoms with Gasteiger partial charge in [-0.15, -0.1) is 11.6 Å². The van der Waals surface area contributed by atoms with Gasteiger partial charge < -0.3 is 14.4 Å². The second kappa shape index (κ2) is 6.50. The van der Waals surface area contributed by atoms with Crippen molar-refractivity contribution in [1.82, 2.24) is 4.90 Å². The number of amides is 1. The van der Waals surface area contributed by atoms with Gasteiger partial charge in [0.15, 0.2) is 0 Å². The highest BCUT2D eigenvalue weighted by molar-refractivity contribution is 6.20. The number of benzene rings is 1. The fourth-order valence-electron chi connectivity index (χ4n) is 1.71. The van der Waals surface area contributed by atoms with E-state index < -0.39 is 0 Å². The molecule has 1 atom stereocenters. The van der Waals surface area contributed by atoms with Crippen LogP contribution in [0, 0.1) is 0 Å². The molecule has 1 amide bonds. The van der Waals surface area contributed by atoms with Gasteiger partial charge in [0.2, 0.25) is 0 Å². The van der Waals surface area contributed by atoms with Gasteiger partial charge >= 0.3 is 0 Å². The molecule has 0 aliphatic heterocycles. The summed E-state index contributed by atoms with van der Waals surface area (Å²) in [4.78, 5) is 13.9. The Morgan fingerprint density at radius 1 is 1.33 bits per heavy atom. The van der Waals surface area contributed by atoms with E-state index in [2.05, 4.69) is 0 Å². The van der Waals surface area contributed by atoms with E-state index in [9.17, 15) is 4.79 Å². The number of carbonyl (C=O) groups is 1. The Bertz CT molecular complexity index is 398. The van der Waals surface area contributed by atoms with E-state index in [0.717, 1.165) is 0 Å². The third kappa shape index (κ3) is 3.29. The van der Waals surface area contributed by atoms with E-state index in [1.165, 1.54) is 14.2 Å². The molecule has 1 aromatic carbocycles. The van der Waals surface area contributed by atoms with Crippen LogP contribution < -0.4 is 9.47 Å². The molecule has 0 aromatic heterocycles. The van der Waals surface area contributed by atoms with Crippen LogP contribution in [-0.4, -0.2) is 44.0 Å². The summed E-state index contributed by atoms with van der Waals surface area (Å²) in [7, 11) is 4.75. The molecule has 100 valence electrons. The average molecular weight is 272 g/mol. The van der Waals surface area contributed by atoms with Crippen molar-refractivity contribution in [3.8, 4) is 11.5 Å². The third-order valence-electron chi connectivity index (χ3n) is 2.51. The average Bonchev–Trinajstić information content (AvgIpc) is 2.35. The third-order valence-corrected chi connectivity index (χ3v) is 2.65. The molecule has 0 N–H and O–H groups in total. The van der Waals surface area contributed by atoms with Crippen molar-refractivity contribution in [2.45, 2.75) is 12.3 Å². The minimum Gasteiger partial charge on any atom is -0.496 e. The maximum Gasteiger partial charge on any atom is 0.261 e. The molecule has 0 heterocycles. The molecule has 1 aromatic rings. The lowest BCUT2D eigenvalue weighted by molar-refractivity contribution is 0.0789. The normalized spacial score (nSPS) is 11.8. The van der Waals surface area contributed by atoms with Crippen LogP contribution in [0.25, 0.3) is 0 Å². The molecule has 0 bridgehead atoms. The summed E-state index contributed by atoms with van der Waals surface area (Å²) in [6.45, 7) is 2.30. The molecular weight excluding hydrogens is 254 g/mol. The second-order valence-electron chi connectivity index (χ2n) is 4.00. The molecule has 0 saturated carbocycles. The summed E-state index contributed by atoms with van der Waals surface area (Å²) >= 11 is 5.90. The zero-order chi connectivity index (χ0) is 13.7. The van der Waals surface area contributed by atoms with E-state index >= 15 is 0 Å². The van der Waals surface area contributed by atoms with Crippen molar-refractivity contribution >= 4 is 17.5 Å². The number of halogens is 1. The first-order chi connectivity index (χ1) is 8.51. The van der Waals surface area contributed by atoms with Gasteiger partial charge in [0.05, 0.1) is 14.2 Å². The standard InChI is InChI=1S/C13H18ClNO3/c1-9(14)8-15(2)13(16)12-10(17-3)6-5-7-11(12)18-4/h5-7,9H,8H2,1-4H3. The molecule has 1 unspecified atom stereocenters. The van der Waals surface area contributed by atoms with Gasteiger partial charge in [0.25, 0.3) is 5.91 Å². The molecule has 0 aliphatic carbocycles. The van der Waals surface area contributed by atoms with Crippen molar-refractivity contribution in [1.29, 1.82) is 0 Å². The highest BCUT2D eigenvalue weighted by atomic mass is 35.5. The van der Waals surface area contributed by atoms with Gasteiger partial charge in [-0.25, -0.2) is 0 Å². The Balaban J connectivity index is 3.10. The van der Waals surface area contributed by atoms with E-state index in [1.54, 1.807) is 30.1 Å². The summed E-state index contributed by atoms with van der Waals surface area (Å²) < 4.78 is 10.4. The van der Waals surface area contributed by atoms with Gasteiger partial charge in [0.1, 0.15) is 17.1 Å². The summed E-state index contributed by atoms with van der Waals surface area (Å²) in [6, 6.07) is 5.24. The smallest absolute Gasteiger partial charge is 0.261 e. The van der Waals surface area contributed by atoms with Crippen molar-refractivity contribution in [3.05, 3.63) is 23.8 Å². The number of rotatable bonds is 5. The van der Waals surface area contributed by atoms with E-state index in [-0.39, 0.29) is 11.3 Å². The fraction of sp³-hybridized carbons (Fsp3) is 0.462. The summed E-state index contributed by atoms with van der Waals surface area (Å²) in [5, 5.41) is -0.111. The van der Waals surface area contributed by atoms with Crippen LogP contribution in [0.15, 0.2) is 18.2 Å². The molecule has 0 fully saturated rings. The van der Waals surface area contributed by atoms with E-state index in [0.29, 0.717) is 23.6 Å². The van der Waals surface area contributed by atoms with Crippen LogP contribution in [0.1, 0.15) is 17.3 Å². The number of methoxy groups -OCH3 is 2. The molecule has 1 rings (SSSR count). The van der Waals surface area contributed by atoms with Crippen LogP contribution in [0.5, 0.6) is 11.5 Å². The number of nitrogens with zero attached hydrogens (tertiary/aromatic N) is 1. The maximum atomic E-state index is 12.3. The molecule has 0 aliphatic rings. The Labute approximate surface area is 112 Å². The first-order valence-electron chi connectivity index (χ1n) is 5.61. The number of alkyl halides is 1. The molecule has 0 saturated heterocycles. The lowest BCUT2D eigenvalue weighted by Crippen LogP contribution is -2.31. The van der Waals surface area contributed by atoms with Crippen molar-refractivity contribution < 1.29 is 14.3 Å². The van der Waals surface area contributed by atoms with E-state index in [4.69, 9.17) is 21.1 Å². The Hall–Kier alpha value is -1.42. The minimum absolute atomic E-state index is 0.111. The Kier molecular flexibility index (Phi) is 5.28. The van der Waals surface area contributed by atoms with Crippen molar-refractivity contribution in [2.24, 2.45) is 0 Å². The van der Waals surface area contributed by atoms with Gasteiger partial charge in [0, 0.05) is 19.0 Å².